The number of carbonyl (C=O) groups is 1. The zero-order valence-corrected chi connectivity index (χ0v) is 23.4. The minimum Gasteiger partial charge on any atom is -0.490 e. The first-order chi connectivity index (χ1) is 17.5. The van der Waals surface area contributed by atoms with E-state index in [0.29, 0.717) is 28.1 Å². The van der Waals surface area contributed by atoms with Gasteiger partial charge in [0.2, 0.25) is 10.0 Å². The second-order valence-corrected chi connectivity index (χ2v) is 13.1. The van der Waals surface area contributed by atoms with E-state index in [1.807, 2.05) is 16.9 Å². The first kappa shape index (κ1) is 28.1. The van der Waals surface area contributed by atoms with Crippen molar-refractivity contribution >= 4 is 39.1 Å². The van der Waals surface area contributed by atoms with Gasteiger partial charge in [0.15, 0.2) is 11.6 Å². The highest BCUT2D eigenvalue weighted by atomic mass is 35.5. The molecule has 3 unspecified atom stereocenters. The summed E-state index contributed by atoms with van der Waals surface area (Å²) in [6.45, 7) is 4.85. The van der Waals surface area contributed by atoms with Crippen LogP contribution < -0.4 is 14.8 Å². The molecule has 3 atom stereocenters. The second kappa shape index (κ2) is 11.9. The van der Waals surface area contributed by atoms with Gasteiger partial charge in [-0.3, -0.25) is 4.79 Å². The summed E-state index contributed by atoms with van der Waals surface area (Å²) in [6.07, 6.45) is 4.39. The molecule has 10 heteroatoms. The van der Waals surface area contributed by atoms with Crippen LogP contribution in [0.5, 0.6) is 5.75 Å². The Balaban J connectivity index is 1.40. The van der Waals surface area contributed by atoms with Crippen LogP contribution in [0.4, 0.5) is 4.39 Å². The summed E-state index contributed by atoms with van der Waals surface area (Å²) in [7, 11) is -3.75. The lowest BCUT2D eigenvalue weighted by Crippen LogP contribution is -2.44. The van der Waals surface area contributed by atoms with Crippen LogP contribution in [0, 0.1) is 17.7 Å². The molecule has 0 bridgehead atoms. The molecule has 0 radical (unpaired) electrons. The van der Waals surface area contributed by atoms with Gasteiger partial charge in [0.25, 0.3) is 5.91 Å². The van der Waals surface area contributed by atoms with E-state index in [2.05, 4.69) is 12.2 Å². The number of sulfonamides is 1. The van der Waals surface area contributed by atoms with Crippen LogP contribution in [0.1, 0.15) is 66.9 Å². The molecule has 1 saturated carbocycles. The van der Waals surface area contributed by atoms with Gasteiger partial charge in [0, 0.05) is 21.7 Å². The molecule has 2 fully saturated rings. The van der Waals surface area contributed by atoms with Gasteiger partial charge in [-0.2, -0.15) is 0 Å². The third kappa shape index (κ3) is 7.59. The zero-order chi connectivity index (χ0) is 26.7. The quantitative estimate of drug-likeness (QED) is 0.382. The smallest absolute Gasteiger partial charge is 0.265 e. The Labute approximate surface area is 228 Å². The largest absolute Gasteiger partial charge is 0.490 e. The number of rotatable bonds is 10. The molecule has 1 aliphatic carbocycles. The van der Waals surface area contributed by atoms with Gasteiger partial charge in [0.05, 0.1) is 12.4 Å². The van der Waals surface area contributed by atoms with E-state index in [9.17, 15) is 17.6 Å². The van der Waals surface area contributed by atoms with E-state index in [0.717, 1.165) is 50.3 Å². The topological polar surface area (TPSA) is 84.5 Å². The Bertz CT molecular complexity index is 1230. The van der Waals surface area contributed by atoms with Crippen LogP contribution in [0.15, 0.2) is 30.3 Å². The molecule has 0 aromatic heterocycles. The molecular formula is C27H33Cl2FN2O4S. The number of benzene rings is 2. The summed E-state index contributed by atoms with van der Waals surface area (Å²) in [6, 6.07) is 8.56. The number of carbonyl (C=O) groups excluding carboxylic acids is 1. The molecule has 0 spiro atoms. The Morgan fingerprint density at radius 1 is 1.16 bits per heavy atom. The fourth-order valence-electron chi connectivity index (χ4n) is 4.95. The predicted molar refractivity (Wildman–Crippen MR) is 145 cm³/mol. The van der Waals surface area contributed by atoms with Crippen molar-refractivity contribution in [1.29, 1.82) is 0 Å². The number of ether oxygens (including phenoxy) is 1. The van der Waals surface area contributed by atoms with Crippen LogP contribution in [0.2, 0.25) is 10.0 Å². The molecule has 1 heterocycles. The summed E-state index contributed by atoms with van der Waals surface area (Å²) in [5, 5.41) is 4.85. The maximum Gasteiger partial charge on any atom is 0.265 e. The van der Waals surface area contributed by atoms with Gasteiger partial charge in [-0.15, -0.1) is 0 Å². The Hall–Kier alpha value is -1.87. The van der Waals surface area contributed by atoms with Crippen molar-refractivity contribution in [3.05, 3.63) is 62.9 Å². The van der Waals surface area contributed by atoms with Crippen LogP contribution in [-0.4, -0.2) is 39.3 Å². The molecule has 4 rings (SSSR count). The number of amides is 1. The van der Waals surface area contributed by atoms with Crippen LogP contribution in [-0.2, 0) is 16.4 Å². The third-order valence-electron chi connectivity index (χ3n) is 7.18. The van der Waals surface area contributed by atoms with Gasteiger partial charge >= 0.3 is 0 Å². The van der Waals surface area contributed by atoms with Gasteiger partial charge in [-0.25, -0.2) is 17.5 Å². The highest BCUT2D eigenvalue weighted by molar-refractivity contribution is 7.90. The maximum atomic E-state index is 15.0. The van der Waals surface area contributed by atoms with Crippen LogP contribution >= 0.6 is 23.2 Å². The highest BCUT2D eigenvalue weighted by Crippen LogP contribution is 2.43. The van der Waals surface area contributed by atoms with E-state index < -0.39 is 21.7 Å². The lowest BCUT2D eigenvalue weighted by atomic mass is 9.84. The van der Waals surface area contributed by atoms with E-state index in [1.54, 1.807) is 12.1 Å². The van der Waals surface area contributed by atoms with Gasteiger partial charge < -0.3 is 10.1 Å². The fraction of sp³-hybridized carbons (Fsp3) is 0.519. The standard InChI is InChI=1S/C27H33Cl2FN2O4S/c1-3-37(34,35)32-27(33)23-13-24(30)26(14-22(23)19-4-5-19)36-15-17-6-7-31-25(11-17)16(2)8-18-9-20(28)12-21(29)10-18/h9-10,12-14,16-17,19,25,31H,3-8,11,15H2,1-2H3,(H,32,33). The molecule has 2 N–H and O–H groups in total. The number of piperidine rings is 1. The molecule has 1 amide bonds. The first-order valence-electron chi connectivity index (χ1n) is 12.7. The lowest BCUT2D eigenvalue weighted by Gasteiger charge is -2.34. The van der Waals surface area contributed by atoms with Crippen molar-refractivity contribution in [3.8, 4) is 5.75 Å². The molecule has 6 nitrogen and oxygen atoms in total. The van der Waals surface area contributed by atoms with Gasteiger partial charge in [0.1, 0.15) is 0 Å². The Kier molecular flexibility index (Phi) is 9.04. The average molecular weight is 572 g/mol. The summed E-state index contributed by atoms with van der Waals surface area (Å²) in [5.41, 5.74) is 1.79. The van der Waals surface area contributed by atoms with Crippen LogP contribution in [0.25, 0.3) is 0 Å². The van der Waals surface area contributed by atoms with Crippen molar-refractivity contribution in [3.63, 3.8) is 0 Å². The third-order valence-corrected chi connectivity index (χ3v) is 8.87. The highest BCUT2D eigenvalue weighted by Gasteiger charge is 2.31. The molecule has 2 aromatic carbocycles. The van der Waals surface area contributed by atoms with E-state index in [4.69, 9.17) is 27.9 Å². The molecule has 2 aromatic rings. The van der Waals surface area contributed by atoms with Crippen LogP contribution in [0.3, 0.4) is 0 Å². The van der Waals surface area contributed by atoms with Gasteiger partial charge in [-0.05, 0) is 105 Å². The summed E-state index contributed by atoms with van der Waals surface area (Å²) >= 11 is 12.3. The molecular weight excluding hydrogens is 538 g/mol. The Morgan fingerprint density at radius 2 is 1.86 bits per heavy atom. The summed E-state index contributed by atoms with van der Waals surface area (Å²) in [5.74, 6) is -0.897. The molecule has 202 valence electrons. The van der Waals surface area contributed by atoms with Crippen molar-refractivity contribution in [2.24, 2.45) is 11.8 Å². The SMILES string of the molecule is CCS(=O)(=O)NC(=O)c1cc(F)c(OCC2CCNC(C(C)Cc3cc(Cl)cc(Cl)c3)C2)cc1C1CC1. The maximum absolute atomic E-state index is 15.0. The van der Waals surface area contributed by atoms with Crippen molar-refractivity contribution in [1.82, 2.24) is 10.0 Å². The van der Waals surface area contributed by atoms with E-state index in [-0.39, 0.29) is 34.9 Å². The monoisotopic (exact) mass is 570 g/mol. The normalized spacial score (nSPS) is 20.9. The first-order valence-corrected chi connectivity index (χ1v) is 15.1. The number of hydrogen-bond donors (Lipinski definition) is 2. The summed E-state index contributed by atoms with van der Waals surface area (Å²) < 4.78 is 46.6. The average Bonchev–Trinajstić information content (AvgIpc) is 3.68. The van der Waals surface area contributed by atoms with E-state index >= 15 is 0 Å². The van der Waals surface area contributed by atoms with Gasteiger partial charge in [-0.1, -0.05) is 30.1 Å². The molecule has 2 aliphatic rings. The summed E-state index contributed by atoms with van der Waals surface area (Å²) in [4.78, 5) is 12.6. The minimum atomic E-state index is -3.75. The lowest BCUT2D eigenvalue weighted by molar-refractivity contribution is 0.0979. The fourth-order valence-corrected chi connectivity index (χ4v) is 6.05. The zero-order valence-electron chi connectivity index (χ0n) is 21.0. The van der Waals surface area contributed by atoms with Crippen molar-refractivity contribution in [2.45, 2.75) is 57.9 Å². The molecule has 1 aliphatic heterocycles. The minimum absolute atomic E-state index is 0.0567. The van der Waals surface area contributed by atoms with Crippen molar-refractivity contribution in [2.75, 3.05) is 18.9 Å². The molecule has 37 heavy (non-hydrogen) atoms. The number of nitrogens with one attached hydrogen (secondary N) is 2. The van der Waals surface area contributed by atoms with Crippen molar-refractivity contribution < 1.29 is 22.3 Å². The molecule has 1 saturated heterocycles. The van der Waals surface area contributed by atoms with E-state index in [1.165, 1.54) is 6.92 Å². The number of hydrogen-bond acceptors (Lipinski definition) is 5. The Morgan fingerprint density at radius 3 is 2.51 bits per heavy atom. The predicted octanol–water partition coefficient (Wildman–Crippen LogP) is 5.72. The second-order valence-electron chi connectivity index (χ2n) is 10.2. The number of halogens is 3.